The van der Waals surface area contributed by atoms with Gasteiger partial charge in [0.1, 0.15) is 0 Å². The van der Waals surface area contributed by atoms with Crippen molar-refractivity contribution in [2.45, 2.75) is 25.3 Å². The van der Waals surface area contributed by atoms with Crippen LogP contribution in [-0.4, -0.2) is 54.5 Å². The van der Waals surface area contributed by atoms with Gasteiger partial charge in [-0.1, -0.05) is 6.07 Å². The Kier molecular flexibility index (Phi) is 4.71. The second-order valence-corrected chi connectivity index (χ2v) is 6.10. The highest BCUT2D eigenvalue weighted by atomic mass is 16.1. The lowest BCUT2D eigenvalue weighted by molar-refractivity contribution is -0.116. The monoisotopic (exact) mass is 298 g/mol. The van der Waals surface area contributed by atoms with Crippen molar-refractivity contribution in [1.82, 2.24) is 9.80 Å². The fraction of sp³-hybridized carbons (Fsp3) is 0.529. The average molecular weight is 298 g/mol. The number of nitriles is 1. The molecule has 1 aromatic carbocycles. The van der Waals surface area contributed by atoms with Crippen LogP contribution in [0.1, 0.15) is 24.8 Å². The molecule has 1 aliphatic heterocycles. The molecule has 0 aromatic heterocycles. The summed E-state index contributed by atoms with van der Waals surface area (Å²) < 4.78 is 0. The predicted octanol–water partition coefficient (Wildman–Crippen LogP) is 1.67. The summed E-state index contributed by atoms with van der Waals surface area (Å²) in [5.74, 6) is 0.0136. The van der Waals surface area contributed by atoms with Crippen LogP contribution in [0.2, 0.25) is 0 Å². The smallest absolute Gasteiger partial charge is 0.225 e. The topological polar surface area (TPSA) is 59.4 Å². The van der Waals surface area contributed by atoms with E-state index in [1.807, 2.05) is 6.07 Å². The number of carbonyl (C=O) groups is 1. The van der Waals surface area contributed by atoms with Crippen LogP contribution in [0, 0.1) is 11.3 Å². The van der Waals surface area contributed by atoms with Crippen LogP contribution in [0.4, 0.5) is 5.69 Å². The molecule has 0 unspecified atom stereocenters. The zero-order valence-electron chi connectivity index (χ0n) is 12.8. The zero-order chi connectivity index (χ0) is 15.4. The first kappa shape index (κ1) is 15.0. The van der Waals surface area contributed by atoms with Gasteiger partial charge in [-0.25, -0.2) is 0 Å². The highest BCUT2D eigenvalue weighted by Crippen LogP contribution is 2.27. The second-order valence-electron chi connectivity index (χ2n) is 6.10. The molecule has 1 saturated heterocycles. The molecule has 1 saturated carbocycles. The van der Waals surface area contributed by atoms with Crippen molar-refractivity contribution < 1.29 is 4.79 Å². The van der Waals surface area contributed by atoms with E-state index in [2.05, 4.69) is 21.2 Å². The van der Waals surface area contributed by atoms with Crippen LogP contribution >= 0.6 is 0 Å². The van der Waals surface area contributed by atoms with Crippen LogP contribution < -0.4 is 5.32 Å². The number of piperazine rings is 1. The predicted molar refractivity (Wildman–Crippen MR) is 85.4 cm³/mol. The van der Waals surface area contributed by atoms with E-state index in [9.17, 15) is 4.79 Å². The quantitative estimate of drug-likeness (QED) is 0.898. The molecule has 1 heterocycles. The molecule has 0 spiro atoms. The minimum absolute atomic E-state index is 0.0136. The van der Waals surface area contributed by atoms with Gasteiger partial charge in [0.05, 0.1) is 11.6 Å². The molecule has 0 atom stereocenters. The molecule has 5 heteroatoms. The number of rotatable bonds is 5. The van der Waals surface area contributed by atoms with Crippen molar-refractivity contribution in [3.8, 4) is 6.07 Å². The van der Waals surface area contributed by atoms with Crippen molar-refractivity contribution in [2.24, 2.45) is 0 Å². The molecule has 5 nitrogen and oxygen atoms in total. The van der Waals surface area contributed by atoms with Crippen LogP contribution in [0.25, 0.3) is 0 Å². The largest absolute Gasteiger partial charge is 0.326 e. The summed E-state index contributed by atoms with van der Waals surface area (Å²) >= 11 is 0. The normalized spacial score (nSPS) is 19.6. The molecule has 116 valence electrons. The minimum Gasteiger partial charge on any atom is -0.326 e. The van der Waals surface area contributed by atoms with E-state index >= 15 is 0 Å². The Hall–Kier alpha value is -1.90. The van der Waals surface area contributed by atoms with Crippen molar-refractivity contribution in [1.29, 1.82) is 5.26 Å². The standard InChI is InChI=1S/C17H22N4O/c18-13-14-2-1-3-15(12-14)19-17(22)6-7-20-8-10-21(11-9-20)16-4-5-16/h1-3,12,16H,4-11H2,(H,19,22). The first-order valence-electron chi connectivity index (χ1n) is 8.01. The molecule has 2 aliphatic rings. The number of nitrogens with one attached hydrogen (secondary N) is 1. The van der Waals surface area contributed by atoms with Crippen molar-refractivity contribution in [2.75, 3.05) is 38.0 Å². The Labute approximate surface area is 131 Å². The Morgan fingerprint density at radius 1 is 1.27 bits per heavy atom. The van der Waals surface area contributed by atoms with Gasteiger partial charge < -0.3 is 10.2 Å². The van der Waals surface area contributed by atoms with E-state index in [0.717, 1.165) is 38.8 Å². The van der Waals surface area contributed by atoms with Crippen LogP contribution in [-0.2, 0) is 4.79 Å². The summed E-state index contributed by atoms with van der Waals surface area (Å²) in [6, 6.07) is 9.95. The Bertz CT molecular complexity index is 568. The van der Waals surface area contributed by atoms with E-state index in [1.165, 1.54) is 12.8 Å². The molecule has 2 fully saturated rings. The number of hydrogen-bond acceptors (Lipinski definition) is 4. The molecular formula is C17H22N4O. The lowest BCUT2D eigenvalue weighted by Crippen LogP contribution is -2.47. The van der Waals surface area contributed by atoms with Crippen molar-refractivity contribution in [3.63, 3.8) is 0 Å². The first-order valence-corrected chi connectivity index (χ1v) is 8.01. The van der Waals surface area contributed by atoms with Gasteiger partial charge in [0, 0.05) is 50.9 Å². The third-order valence-electron chi connectivity index (χ3n) is 4.40. The lowest BCUT2D eigenvalue weighted by atomic mass is 10.2. The number of anilines is 1. The third kappa shape index (κ3) is 4.06. The van der Waals surface area contributed by atoms with Gasteiger partial charge in [0.25, 0.3) is 0 Å². The maximum Gasteiger partial charge on any atom is 0.225 e. The number of hydrogen-bond donors (Lipinski definition) is 1. The Morgan fingerprint density at radius 2 is 2.05 bits per heavy atom. The fourth-order valence-electron chi connectivity index (χ4n) is 2.94. The fourth-order valence-corrected chi connectivity index (χ4v) is 2.94. The highest BCUT2D eigenvalue weighted by molar-refractivity contribution is 5.90. The summed E-state index contributed by atoms with van der Waals surface area (Å²) in [7, 11) is 0. The SMILES string of the molecule is N#Cc1cccc(NC(=O)CCN2CCN(C3CC3)CC2)c1. The number of amides is 1. The number of carbonyl (C=O) groups excluding carboxylic acids is 1. The van der Waals surface area contributed by atoms with E-state index < -0.39 is 0 Å². The number of nitrogens with zero attached hydrogens (tertiary/aromatic N) is 3. The molecule has 3 rings (SSSR count). The van der Waals surface area contributed by atoms with Gasteiger partial charge in [0.15, 0.2) is 0 Å². The van der Waals surface area contributed by atoms with E-state index in [0.29, 0.717) is 17.7 Å². The minimum atomic E-state index is 0.0136. The summed E-state index contributed by atoms with van der Waals surface area (Å²) in [6.07, 6.45) is 3.23. The van der Waals surface area contributed by atoms with Crippen molar-refractivity contribution >= 4 is 11.6 Å². The lowest BCUT2D eigenvalue weighted by Gasteiger charge is -2.34. The molecule has 1 aromatic rings. The second kappa shape index (κ2) is 6.91. The van der Waals surface area contributed by atoms with E-state index in [-0.39, 0.29) is 5.91 Å². The Balaban J connectivity index is 1.39. The van der Waals surface area contributed by atoms with Crippen LogP contribution in [0.15, 0.2) is 24.3 Å². The Morgan fingerprint density at radius 3 is 2.73 bits per heavy atom. The maximum absolute atomic E-state index is 12.0. The molecule has 0 radical (unpaired) electrons. The summed E-state index contributed by atoms with van der Waals surface area (Å²) in [5, 5.41) is 11.7. The molecule has 1 N–H and O–H groups in total. The van der Waals surface area contributed by atoms with Gasteiger partial charge >= 0.3 is 0 Å². The summed E-state index contributed by atoms with van der Waals surface area (Å²) in [5.41, 5.74) is 1.26. The maximum atomic E-state index is 12.0. The van der Waals surface area contributed by atoms with Gasteiger partial charge in [-0.3, -0.25) is 9.69 Å². The van der Waals surface area contributed by atoms with Crippen LogP contribution in [0.5, 0.6) is 0 Å². The zero-order valence-corrected chi connectivity index (χ0v) is 12.8. The summed E-state index contributed by atoms with van der Waals surface area (Å²) in [6.45, 7) is 5.21. The summed E-state index contributed by atoms with van der Waals surface area (Å²) in [4.78, 5) is 16.9. The molecular weight excluding hydrogens is 276 g/mol. The van der Waals surface area contributed by atoms with Gasteiger partial charge in [-0.05, 0) is 31.0 Å². The van der Waals surface area contributed by atoms with Gasteiger partial charge in [-0.15, -0.1) is 0 Å². The number of benzene rings is 1. The highest BCUT2D eigenvalue weighted by Gasteiger charge is 2.31. The van der Waals surface area contributed by atoms with Gasteiger partial charge in [0.2, 0.25) is 5.91 Å². The van der Waals surface area contributed by atoms with E-state index in [4.69, 9.17) is 5.26 Å². The van der Waals surface area contributed by atoms with Crippen LogP contribution in [0.3, 0.4) is 0 Å². The molecule has 1 aliphatic carbocycles. The van der Waals surface area contributed by atoms with Crippen molar-refractivity contribution in [3.05, 3.63) is 29.8 Å². The molecule has 22 heavy (non-hydrogen) atoms. The molecule has 0 bridgehead atoms. The average Bonchev–Trinajstić information content (AvgIpc) is 3.38. The molecule has 1 amide bonds. The first-order chi connectivity index (χ1) is 10.7. The third-order valence-corrected chi connectivity index (χ3v) is 4.40. The van der Waals surface area contributed by atoms with Gasteiger partial charge in [-0.2, -0.15) is 5.26 Å². The van der Waals surface area contributed by atoms with E-state index in [1.54, 1.807) is 18.2 Å².